The van der Waals surface area contributed by atoms with Crippen molar-refractivity contribution < 1.29 is 14.7 Å². The zero-order chi connectivity index (χ0) is 15.8. The van der Waals surface area contributed by atoms with E-state index in [1.54, 1.807) is 0 Å². The summed E-state index contributed by atoms with van der Waals surface area (Å²) in [6.07, 6.45) is 5.13. The molecule has 1 saturated carbocycles. The predicted octanol–water partition coefficient (Wildman–Crippen LogP) is 1.59. The summed E-state index contributed by atoms with van der Waals surface area (Å²) in [5.41, 5.74) is 0. The molecule has 5 nitrogen and oxygen atoms in total. The molecule has 0 radical (unpaired) electrons. The van der Waals surface area contributed by atoms with Crippen molar-refractivity contribution in [3.05, 3.63) is 0 Å². The Morgan fingerprint density at radius 2 is 1.76 bits per heavy atom. The molecule has 2 amide bonds. The van der Waals surface area contributed by atoms with Crippen molar-refractivity contribution >= 4 is 11.8 Å². The van der Waals surface area contributed by atoms with E-state index in [1.807, 2.05) is 20.8 Å². The molecule has 21 heavy (non-hydrogen) atoms. The van der Waals surface area contributed by atoms with E-state index < -0.39 is 6.10 Å². The Hall–Kier alpha value is -1.10. The molecule has 0 aromatic carbocycles. The van der Waals surface area contributed by atoms with Gasteiger partial charge in [-0.25, -0.2) is 0 Å². The first kappa shape index (κ1) is 18.0. The Bertz CT molecular complexity index is 338. The first-order valence-electron chi connectivity index (χ1n) is 8.15. The van der Waals surface area contributed by atoms with Gasteiger partial charge in [-0.05, 0) is 25.7 Å². The number of nitrogens with one attached hydrogen (secondary N) is 2. The van der Waals surface area contributed by atoms with E-state index in [-0.39, 0.29) is 42.7 Å². The van der Waals surface area contributed by atoms with Crippen LogP contribution < -0.4 is 10.6 Å². The molecule has 0 heterocycles. The number of carbonyl (C=O) groups is 2. The van der Waals surface area contributed by atoms with E-state index in [9.17, 15) is 14.7 Å². The Kier molecular flexibility index (Phi) is 7.72. The number of carbonyl (C=O) groups excluding carboxylic acids is 2. The topological polar surface area (TPSA) is 78.4 Å². The van der Waals surface area contributed by atoms with Crippen LogP contribution in [-0.2, 0) is 9.59 Å². The fourth-order valence-corrected chi connectivity index (χ4v) is 2.58. The first-order chi connectivity index (χ1) is 9.90. The second kappa shape index (κ2) is 9.03. The molecule has 3 N–H and O–H groups in total. The maximum atomic E-state index is 12.1. The van der Waals surface area contributed by atoms with Crippen molar-refractivity contribution in [2.75, 3.05) is 6.54 Å². The molecule has 122 valence electrons. The van der Waals surface area contributed by atoms with Crippen molar-refractivity contribution in [3.63, 3.8) is 0 Å². The molecule has 2 atom stereocenters. The van der Waals surface area contributed by atoms with Gasteiger partial charge in [0.15, 0.2) is 0 Å². The van der Waals surface area contributed by atoms with Crippen molar-refractivity contribution in [1.29, 1.82) is 0 Å². The fourth-order valence-electron chi connectivity index (χ4n) is 2.58. The van der Waals surface area contributed by atoms with E-state index >= 15 is 0 Å². The van der Waals surface area contributed by atoms with Crippen LogP contribution in [0.5, 0.6) is 0 Å². The van der Waals surface area contributed by atoms with Crippen LogP contribution in [0.25, 0.3) is 0 Å². The number of hydrogen-bond acceptors (Lipinski definition) is 3. The molecule has 1 aliphatic carbocycles. The maximum absolute atomic E-state index is 12.1. The van der Waals surface area contributed by atoms with E-state index in [2.05, 4.69) is 10.6 Å². The largest absolute Gasteiger partial charge is 0.391 e. The summed E-state index contributed by atoms with van der Waals surface area (Å²) in [6, 6.07) is -0.171. The summed E-state index contributed by atoms with van der Waals surface area (Å²) in [7, 11) is 0. The lowest BCUT2D eigenvalue weighted by Gasteiger charge is -2.23. The molecule has 0 aromatic heterocycles. The monoisotopic (exact) mass is 298 g/mol. The van der Waals surface area contributed by atoms with Crippen molar-refractivity contribution in [2.45, 2.75) is 71.4 Å². The summed E-state index contributed by atoms with van der Waals surface area (Å²) < 4.78 is 0. The van der Waals surface area contributed by atoms with Crippen molar-refractivity contribution in [1.82, 2.24) is 10.6 Å². The zero-order valence-corrected chi connectivity index (χ0v) is 13.5. The van der Waals surface area contributed by atoms with Gasteiger partial charge in [0.25, 0.3) is 0 Å². The Balaban J connectivity index is 2.24. The third-order valence-electron chi connectivity index (χ3n) is 4.13. The molecule has 1 aliphatic rings. The number of rotatable bonds is 7. The molecule has 0 spiro atoms. The van der Waals surface area contributed by atoms with E-state index in [4.69, 9.17) is 0 Å². The molecule has 0 saturated heterocycles. The van der Waals surface area contributed by atoms with Gasteiger partial charge in [-0.15, -0.1) is 0 Å². The highest BCUT2D eigenvalue weighted by molar-refractivity contribution is 5.81. The van der Waals surface area contributed by atoms with Gasteiger partial charge >= 0.3 is 0 Å². The molecule has 1 fully saturated rings. The van der Waals surface area contributed by atoms with Gasteiger partial charge in [0.05, 0.1) is 6.10 Å². The van der Waals surface area contributed by atoms with Gasteiger partial charge in [0, 0.05) is 24.9 Å². The first-order valence-corrected chi connectivity index (χ1v) is 8.15. The lowest BCUT2D eigenvalue weighted by molar-refractivity contribution is -0.127. The number of amides is 2. The van der Waals surface area contributed by atoms with Gasteiger partial charge in [-0.3, -0.25) is 9.59 Å². The summed E-state index contributed by atoms with van der Waals surface area (Å²) in [4.78, 5) is 23.8. The van der Waals surface area contributed by atoms with Crippen molar-refractivity contribution in [2.24, 2.45) is 11.8 Å². The molecule has 0 bridgehead atoms. The predicted molar refractivity (Wildman–Crippen MR) is 82.7 cm³/mol. The molecular formula is C16H30N2O3. The minimum Gasteiger partial charge on any atom is -0.391 e. The van der Waals surface area contributed by atoms with E-state index in [1.165, 1.54) is 6.42 Å². The van der Waals surface area contributed by atoms with Gasteiger partial charge in [0.1, 0.15) is 0 Å². The molecular weight excluding hydrogens is 268 g/mol. The van der Waals surface area contributed by atoms with Crippen molar-refractivity contribution in [3.8, 4) is 0 Å². The summed E-state index contributed by atoms with van der Waals surface area (Å²) >= 11 is 0. The lowest BCUT2D eigenvalue weighted by atomic mass is 9.88. The van der Waals surface area contributed by atoms with E-state index in [0.29, 0.717) is 0 Å². The van der Waals surface area contributed by atoms with Gasteiger partial charge in [-0.2, -0.15) is 0 Å². The maximum Gasteiger partial charge on any atom is 0.223 e. The standard InChI is InChI=1S/C16H30N2O3/c1-11(2)14(19)10-17-15(20)9-12(3)18-16(21)13-7-5-4-6-8-13/h11-14,19H,4-10H2,1-3H3,(H,17,20)(H,18,21). The quantitative estimate of drug-likeness (QED) is 0.668. The van der Waals surface area contributed by atoms with Crippen LogP contribution in [0, 0.1) is 11.8 Å². The van der Waals surface area contributed by atoms with Crippen LogP contribution in [0.2, 0.25) is 0 Å². The highest BCUT2D eigenvalue weighted by Crippen LogP contribution is 2.23. The lowest BCUT2D eigenvalue weighted by Crippen LogP contribution is -2.42. The van der Waals surface area contributed by atoms with Crippen LogP contribution in [0.1, 0.15) is 59.3 Å². The number of aliphatic hydroxyl groups excluding tert-OH is 1. The van der Waals surface area contributed by atoms with Gasteiger partial charge < -0.3 is 15.7 Å². The van der Waals surface area contributed by atoms with E-state index in [0.717, 1.165) is 25.7 Å². The average Bonchev–Trinajstić information content (AvgIpc) is 2.45. The zero-order valence-electron chi connectivity index (χ0n) is 13.5. The Morgan fingerprint density at radius 3 is 2.33 bits per heavy atom. The minimum absolute atomic E-state index is 0.0808. The van der Waals surface area contributed by atoms with Crippen LogP contribution in [0.15, 0.2) is 0 Å². The van der Waals surface area contributed by atoms with Gasteiger partial charge in [0.2, 0.25) is 11.8 Å². The SMILES string of the molecule is CC(CC(=O)NCC(O)C(C)C)NC(=O)C1CCCCC1. The Morgan fingerprint density at radius 1 is 1.14 bits per heavy atom. The molecule has 2 unspecified atom stereocenters. The highest BCUT2D eigenvalue weighted by Gasteiger charge is 2.22. The smallest absolute Gasteiger partial charge is 0.223 e. The highest BCUT2D eigenvalue weighted by atomic mass is 16.3. The average molecular weight is 298 g/mol. The van der Waals surface area contributed by atoms with Crippen LogP contribution in [-0.4, -0.2) is 35.6 Å². The summed E-state index contributed by atoms with van der Waals surface area (Å²) in [5, 5.41) is 15.3. The summed E-state index contributed by atoms with van der Waals surface area (Å²) in [5.74, 6) is 0.184. The summed E-state index contributed by atoms with van der Waals surface area (Å²) in [6.45, 7) is 5.92. The number of aliphatic hydroxyl groups is 1. The molecule has 0 aliphatic heterocycles. The molecule has 5 heteroatoms. The van der Waals surface area contributed by atoms with Crippen LogP contribution in [0.4, 0.5) is 0 Å². The minimum atomic E-state index is -0.527. The Labute approximate surface area is 127 Å². The molecule has 1 rings (SSSR count). The van der Waals surface area contributed by atoms with Crippen LogP contribution >= 0.6 is 0 Å². The fraction of sp³-hybridized carbons (Fsp3) is 0.875. The second-order valence-electron chi connectivity index (χ2n) is 6.56. The second-order valence-corrected chi connectivity index (χ2v) is 6.56. The molecule has 0 aromatic rings. The third kappa shape index (κ3) is 6.93. The van der Waals surface area contributed by atoms with Crippen LogP contribution in [0.3, 0.4) is 0 Å². The third-order valence-corrected chi connectivity index (χ3v) is 4.13. The van der Waals surface area contributed by atoms with Gasteiger partial charge in [-0.1, -0.05) is 33.1 Å². The number of hydrogen-bond donors (Lipinski definition) is 3. The normalized spacial score (nSPS) is 19.1.